The number of Topliss-reactive ketones (excluding diaryl/α,β-unsaturated/α-hetero) is 1. The maximum atomic E-state index is 12.8. The highest BCUT2D eigenvalue weighted by Gasteiger charge is 2.05. The molecule has 1 rings (SSSR count). The van der Waals surface area contributed by atoms with Gasteiger partial charge in [0.05, 0.1) is 0 Å². The summed E-state index contributed by atoms with van der Waals surface area (Å²) >= 11 is 0. The molecule has 0 atom stereocenters. The van der Waals surface area contributed by atoms with E-state index >= 15 is 0 Å². The predicted octanol–water partition coefficient (Wildman–Crippen LogP) is 3.37. The minimum absolute atomic E-state index is 0.189. The summed E-state index contributed by atoms with van der Waals surface area (Å²) in [6.07, 6.45) is 1.85. The third-order valence-corrected chi connectivity index (χ3v) is 2.29. The van der Waals surface area contributed by atoms with Gasteiger partial charge in [-0.2, -0.15) is 0 Å². The van der Waals surface area contributed by atoms with Gasteiger partial charge in [-0.25, -0.2) is 4.39 Å². The molecule has 0 aromatic heterocycles. The summed E-state index contributed by atoms with van der Waals surface area (Å²) in [7, 11) is 0. The van der Waals surface area contributed by atoms with Gasteiger partial charge < -0.3 is 0 Å². The van der Waals surface area contributed by atoms with Crippen molar-refractivity contribution in [3.8, 4) is 0 Å². The number of hydrogen-bond acceptors (Lipinski definition) is 1. The lowest BCUT2D eigenvalue weighted by Crippen LogP contribution is -2.04. The third kappa shape index (κ3) is 4.73. The van der Waals surface area contributed by atoms with Crippen LogP contribution in [-0.2, 0) is 11.2 Å². The molecular formula is C13H17FO. The van der Waals surface area contributed by atoms with Crippen molar-refractivity contribution in [3.63, 3.8) is 0 Å². The molecule has 0 unspecified atom stereocenters. The zero-order valence-corrected chi connectivity index (χ0v) is 9.29. The SMILES string of the molecule is CC(C)CCC(=O)Cc1cccc(F)c1. The number of carbonyl (C=O) groups is 1. The number of rotatable bonds is 5. The van der Waals surface area contributed by atoms with Crippen LogP contribution in [0.5, 0.6) is 0 Å². The van der Waals surface area contributed by atoms with Gasteiger partial charge in [-0.1, -0.05) is 26.0 Å². The predicted molar refractivity (Wildman–Crippen MR) is 59.2 cm³/mol. The second kappa shape index (κ2) is 5.64. The van der Waals surface area contributed by atoms with Crippen LogP contribution in [0, 0.1) is 11.7 Å². The molecule has 0 radical (unpaired) electrons. The van der Waals surface area contributed by atoms with Gasteiger partial charge in [0.15, 0.2) is 0 Å². The van der Waals surface area contributed by atoms with E-state index in [2.05, 4.69) is 13.8 Å². The highest BCUT2D eigenvalue weighted by atomic mass is 19.1. The Morgan fingerprint density at radius 2 is 2.13 bits per heavy atom. The minimum Gasteiger partial charge on any atom is -0.299 e. The van der Waals surface area contributed by atoms with Gasteiger partial charge in [0, 0.05) is 12.8 Å². The van der Waals surface area contributed by atoms with Crippen molar-refractivity contribution in [1.29, 1.82) is 0 Å². The van der Waals surface area contributed by atoms with E-state index in [1.54, 1.807) is 12.1 Å². The quantitative estimate of drug-likeness (QED) is 0.725. The summed E-state index contributed by atoms with van der Waals surface area (Å²) in [5.41, 5.74) is 0.767. The third-order valence-electron chi connectivity index (χ3n) is 2.29. The molecule has 0 saturated carbocycles. The summed E-state index contributed by atoms with van der Waals surface area (Å²) in [5, 5.41) is 0. The van der Waals surface area contributed by atoms with Crippen LogP contribution >= 0.6 is 0 Å². The number of hydrogen-bond donors (Lipinski definition) is 0. The van der Waals surface area contributed by atoms with E-state index < -0.39 is 0 Å². The lowest BCUT2D eigenvalue weighted by Gasteiger charge is -2.04. The molecule has 0 fully saturated rings. The molecule has 0 spiro atoms. The standard InChI is InChI=1S/C13H17FO/c1-10(2)6-7-13(15)9-11-4-3-5-12(14)8-11/h3-5,8,10H,6-7,9H2,1-2H3. The van der Waals surface area contributed by atoms with Crippen molar-refractivity contribution in [3.05, 3.63) is 35.6 Å². The molecule has 0 N–H and O–H groups in total. The first-order chi connectivity index (χ1) is 7.08. The smallest absolute Gasteiger partial charge is 0.137 e. The Labute approximate surface area is 90.3 Å². The molecule has 1 aromatic carbocycles. The maximum absolute atomic E-state index is 12.8. The number of benzene rings is 1. The molecule has 2 heteroatoms. The monoisotopic (exact) mass is 208 g/mol. The van der Waals surface area contributed by atoms with Crippen molar-refractivity contribution >= 4 is 5.78 Å². The van der Waals surface area contributed by atoms with Gasteiger partial charge in [0.25, 0.3) is 0 Å². The van der Waals surface area contributed by atoms with Crippen LogP contribution in [0.1, 0.15) is 32.3 Å². The van der Waals surface area contributed by atoms with E-state index in [0.717, 1.165) is 12.0 Å². The number of carbonyl (C=O) groups excluding carboxylic acids is 1. The fraction of sp³-hybridized carbons (Fsp3) is 0.462. The van der Waals surface area contributed by atoms with Gasteiger partial charge in [-0.3, -0.25) is 4.79 Å². The molecule has 1 aromatic rings. The zero-order valence-electron chi connectivity index (χ0n) is 9.29. The Morgan fingerprint density at radius 1 is 1.40 bits per heavy atom. The zero-order chi connectivity index (χ0) is 11.3. The summed E-state index contributed by atoms with van der Waals surface area (Å²) in [5.74, 6) is 0.458. The van der Waals surface area contributed by atoms with Crippen LogP contribution in [0.15, 0.2) is 24.3 Å². The Balaban J connectivity index is 2.44. The molecule has 1 nitrogen and oxygen atoms in total. The molecule has 0 saturated heterocycles. The Bertz CT molecular complexity index is 331. The molecule has 0 bridgehead atoms. The Morgan fingerprint density at radius 3 is 2.73 bits per heavy atom. The second-order valence-electron chi connectivity index (χ2n) is 4.28. The average molecular weight is 208 g/mol. The minimum atomic E-state index is -0.274. The highest BCUT2D eigenvalue weighted by molar-refractivity contribution is 5.80. The summed E-state index contributed by atoms with van der Waals surface area (Å²) in [4.78, 5) is 11.5. The molecule has 82 valence electrons. The van der Waals surface area contributed by atoms with E-state index in [-0.39, 0.29) is 11.6 Å². The first-order valence-electron chi connectivity index (χ1n) is 5.34. The maximum Gasteiger partial charge on any atom is 0.137 e. The normalized spacial score (nSPS) is 10.7. The van der Waals surface area contributed by atoms with Gasteiger partial charge in [-0.15, -0.1) is 0 Å². The Hall–Kier alpha value is -1.18. The van der Waals surface area contributed by atoms with Crippen LogP contribution in [0.25, 0.3) is 0 Å². The highest BCUT2D eigenvalue weighted by Crippen LogP contribution is 2.09. The average Bonchev–Trinajstić information content (AvgIpc) is 2.15. The van der Waals surface area contributed by atoms with Crippen LogP contribution in [0.4, 0.5) is 4.39 Å². The molecule has 0 aliphatic rings. The first-order valence-corrected chi connectivity index (χ1v) is 5.34. The molecule has 0 heterocycles. The van der Waals surface area contributed by atoms with Crippen molar-refractivity contribution < 1.29 is 9.18 Å². The molecule has 0 aliphatic heterocycles. The van der Waals surface area contributed by atoms with E-state index in [1.807, 2.05) is 0 Å². The molecular weight excluding hydrogens is 191 g/mol. The van der Waals surface area contributed by atoms with Crippen LogP contribution in [-0.4, -0.2) is 5.78 Å². The summed E-state index contributed by atoms with van der Waals surface area (Å²) in [6.45, 7) is 4.19. The molecule has 0 aliphatic carbocycles. The molecule has 15 heavy (non-hydrogen) atoms. The van der Waals surface area contributed by atoms with Crippen molar-refractivity contribution in [2.75, 3.05) is 0 Å². The second-order valence-corrected chi connectivity index (χ2v) is 4.28. The van der Waals surface area contributed by atoms with E-state index in [0.29, 0.717) is 18.8 Å². The largest absolute Gasteiger partial charge is 0.299 e. The number of halogens is 1. The first kappa shape index (κ1) is 11.9. The van der Waals surface area contributed by atoms with Gasteiger partial charge in [0.2, 0.25) is 0 Å². The van der Waals surface area contributed by atoms with Crippen LogP contribution in [0.3, 0.4) is 0 Å². The Kier molecular flexibility index (Phi) is 4.47. The van der Waals surface area contributed by atoms with Gasteiger partial charge in [-0.05, 0) is 30.0 Å². The summed E-state index contributed by atoms with van der Waals surface area (Å²) in [6, 6.07) is 6.24. The van der Waals surface area contributed by atoms with E-state index in [4.69, 9.17) is 0 Å². The van der Waals surface area contributed by atoms with Crippen molar-refractivity contribution in [1.82, 2.24) is 0 Å². The van der Waals surface area contributed by atoms with Crippen LogP contribution < -0.4 is 0 Å². The van der Waals surface area contributed by atoms with Crippen molar-refractivity contribution in [2.24, 2.45) is 5.92 Å². The van der Waals surface area contributed by atoms with Gasteiger partial charge >= 0.3 is 0 Å². The lowest BCUT2D eigenvalue weighted by atomic mass is 10.0. The van der Waals surface area contributed by atoms with E-state index in [9.17, 15) is 9.18 Å². The van der Waals surface area contributed by atoms with E-state index in [1.165, 1.54) is 12.1 Å². The summed E-state index contributed by atoms with van der Waals surface area (Å²) < 4.78 is 12.8. The fourth-order valence-corrected chi connectivity index (χ4v) is 1.41. The topological polar surface area (TPSA) is 17.1 Å². The van der Waals surface area contributed by atoms with Crippen LogP contribution in [0.2, 0.25) is 0 Å². The lowest BCUT2D eigenvalue weighted by molar-refractivity contribution is -0.118. The van der Waals surface area contributed by atoms with Gasteiger partial charge in [0.1, 0.15) is 11.6 Å². The number of ketones is 1. The fourth-order valence-electron chi connectivity index (χ4n) is 1.41. The van der Waals surface area contributed by atoms with Crippen molar-refractivity contribution in [2.45, 2.75) is 33.1 Å². The molecule has 0 amide bonds.